The second-order valence-electron chi connectivity index (χ2n) is 7.21. The van der Waals surface area contributed by atoms with E-state index in [2.05, 4.69) is 39.5 Å². The zero-order valence-corrected chi connectivity index (χ0v) is 16.7. The molecule has 2 heterocycles. The average Bonchev–Trinajstić information content (AvgIpc) is 3.16. The molecular formula is C20H33ClN4O. The minimum atomic E-state index is 0. The lowest BCUT2D eigenvalue weighted by Crippen LogP contribution is -2.43. The number of piperazine rings is 1. The number of hydrogen-bond donors (Lipinski definition) is 2. The summed E-state index contributed by atoms with van der Waals surface area (Å²) in [7, 11) is 0. The largest absolute Gasteiger partial charge is 0.383 e. The number of anilines is 2. The number of rotatable bonds is 8. The van der Waals surface area contributed by atoms with Gasteiger partial charge in [-0.3, -0.25) is 0 Å². The zero-order valence-electron chi connectivity index (χ0n) is 15.9. The standard InChI is InChI=1S/C20H32N4O.ClH/c1-17-19(22-8-11-23-9-2-3-10-23)15-18(5-4-14-25)16-20(17)24-12-6-21-7-13-24;/h14-16,21-22H,2-13H2,1H3;1H. The highest BCUT2D eigenvalue weighted by molar-refractivity contribution is 5.85. The summed E-state index contributed by atoms with van der Waals surface area (Å²) < 4.78 is 0. The molecule has 26 heavy (non-hydrogen) atoms. The Morgan fingerprint density at radius 2 is 1.88 bits per heavy atom. The van der Waals surface area contributed by atoms with Gasteiger partial charge in [0.15, 0.2) is 0 Å². The molecule has 0 amide bonds. The van der Waals surface area contributed by atoms with E-state index in [4.69, 9.17) is 0 Å². The van der Waals surface area contributed by atoms with Crippen molar-refractivity contribution in [2.75, 3.05) is 62.6 Å². The molecule has 0 bridgehead atoms. The van der Waals surface area contributed by atoms with E-state index in [1.54, 1.807) is 0 Å². The van der Waals surface area contributed by atoms with Crippen LogP contribution in [0, 0.1) is 6.92 Å². The van der Waals surface area contributed by atoms with Gasteiger partial charge in [0.05, 0.1) is 0 Å². The average molecular weight is 381 g/mol. The van der Waals surface area contributed by atoms with Crippen LogP contribution in [0.25, 0.3) is 0 Å². The van der Waals surface area contributed by atoms with Crippen LogP contribution in [0.4, 0.5) is 11.4 Å². The Balaban J connectivity index is 0.00000243. The molecule has 1 aromatic carbocycles. The lowest BCUT2D eigenvalue weighted by atomic mass is 10.0. The van der Waals surface area contributed by atoms with Gasteiger partial charge in [0.2, 0.25) is 0 Å². The molecule has 0 aliphatic carbocycles. The van der Waals surface area contributed by atoms with E-state index >= 15 is 0 Å². The van der Waals surface area contributed by atoms with Crippen LogP contribution >= 0.6 is 12.4 Å². The summed E-state index contributed by atoms with van der Waals surface area (Å²) in [6, 6.07) is 4.53. The topological polar surface area (TPSA) is 47.6 Å². The van der Waals surface area contributed by atoms with Crippen LogP contribution < -0.4 is 15.5 Å². The van der Waals surface area contributed by atoms with Crippen molar-refractivity contribution in [1.29, 1.82) is 0 Å². The fourth-order valence-corrected chi connectivity index (χ4v) is 3.90. The predicted molar refractivity (Wildman–Crippen MR) is 112 cm³/mol. The van der Waals surface area contributed by atoms with Crippen molar-refractivity contribution >= 4 is 30.1 Å². The summed E-state index contributed by atoms with van der Waals surface area (Å²) in [4.78, 5) is 15.8. The molecule has 0 atom stereocenters. The fourth-order valence-electron chi connectivity index (χ4n) is 3.90. The molecule has 2 N–H and O–H groups in total. The number of likely N-dealkylation sites (tertiary alicyclic amines) is 1. The first-order chi connectivity index (χ1) is 12.3. The minimum absolute atomic E-state index is 0. The first-order valence-corrected chi connectivity index (χ1v) is 9.77. The number of hydrogen-bond acceptors (Lipinski definition) is 5. The van der Waals surface area contributed by atoms with Gasteiger partial charge in [0.1, 0.15) is 6.29 Å². The van der Waals surface area contributed by atoms with Gasteiger partial charge < -0.3 is 25.2 Å². The third-order valence-corrected chi connectivity index (χ3v) is 5.39. The van der Waals surface area contributed by atoms with E-state index in [-0.39, 0.29) is 12.4 Å². The third kappa shape index (κ3) is 5.60. The van der Waals surface area contributed by atoms with Gasteiger partial charge in [-0.2, -0.15) is 0 Å². The van der Waals surface area contributed by atoms with Gasteiger partial charge >= 0.3 is 0 Å². The normalized spacial score (nSPS) is 17.8. The van der Waals surface area contributed by atoms with Crippen LogP contribution in [0.3, 0.4) is 0 Å². The number of carbonyl (C=O) groups is 1. The maximum Gasteiger partial charge on any atom is 0.120 e. The Morgan fingerprint density at radius 1 is 1.15 bits per heavy atom. The van der Waals surface area contributed by atoms with Crippen molar-refractivity contribution in [2.24, 2.45) is 0 Å². The molecule has 3 rings (SSSR count). The van der Waals surface area contributed by atoms with Crippen molar-refractivity contribution < 1.29 is 4.79 Å². The summed E-state index contributed by atoms with van der Waals surface area (Å²) in [5.41, 5.74) is 5.15. The van der Waals surface area contributed by atoms with E-state index in [1.165, 1.54) is 48.4 Å². The Kier molecular flexibility index (Phi) is 8.69. The van der Waals surface area contributed by atoms with Gasteiger partial charge in [-0.1, -0.05) is 0 Å². The molecule has 0 spiro atoms. The van der Waals surface area contributed by atoms with Crippen LogP contribution in [0.5, 0.6) is 0 Å². The minimum Gasteiger partial charge on any atom is -0.383 e. The molecule has 2 saturated heterocycles. The summed E-state index contributed by atoms with van der Waals surface area (Å²) in [5, 5.41) is 7.09. The van der Waals surface area contributed by atoms with E-state index in [0.717, 1.165) is 52.0 Å². The van der Waals surface area contributed by atoms with E-state index in [0.29, 0.717) is 6.42 Å². The van der Waals surface area contributed by atoms with Crippen molar-refractivity contribution in [3.63, 3.8) is 0 Å². The number of nitrogens with zero attached hydrogens (tertiary/aromatic N) is 2. The molecule has 146 valence electrons. The molecule has 5 nitrogen and oxygen atoms in total. The second kappa shape index (κ2) is 10.8. The first-order valence-electron chi connectivity index (χ1n) is 9.77. The lowest BCUT2D eigenvalue weighted by molar-refractivity contribution is -0.107. The van der Waals surface area contributed by atoms with Crippen molar-refractivity contribution in [2.45, 2.75) is 32.6 Å². The molecule has 2 aliphatic heterocycles. The quantitative estimate of drug-likeness (QED) is 0.678. The van der Waals surface area contributed by atoms with Gasteiger partial charge in [-0.25, -0.2) is 0 Å². The molecule has 0 radical (unpaired) electrons. The Bertz CT molecular complexity index is 569. The monoisotopic (exact) mass is 380 g/mol. The molecular weight excluding hydrogens is 348 g/mol. The zero-order chi connectivity index (χ0) is 17.5. The van der Waals surface area contributed by atoms with Crippen molar-refractivity contribution in [1.82, 2.24) is 10.2 Å². The van der Waals surface area contributed by atoms with Crippen LogP contribution in [0.1, 0.15) is 30.4 Å². The Hall–Kier alpha value is -1.30. The lowest BCUT2D eigenvalue weighted by Gasteiger charge is -2.32. The highest BCUT2D eigenvalue weighted by atomic mass is 35.5. The summed E-state index contributed by atoms with van der Waals surface area (Å²) in [5.74, 6) is 0. The number of aldehydes is 1. The predicted octanol–water partition coefficient (Wildman–Crippen LogP) is 2.47. The van der Waals surface area contributed by atoms with Crippen LogP contribution in [-0.4, -0.2) is 63.5 Å². The highest BCUT2D eigenvalue weighted by Crippen LogP contribution is 2.30. The van der Waals surface area contributed by atoms with Crippen molar-refractivity contribution in [3.05, 3.63) is 23.3 Å². The maximum absolute atomic E-state index is 10.8. The summed E-state index contributed by atoms with van der Waals surface area (Å²) in [6.07, 6.45) is 5.12. The summed E-state index contributed by atoms with van der Waals surface area (Å²) in [6.45, 7) is 11.0. The van der Waals surface area contributed by atoms with Gasteiger partial charge in [-0.15, -0.1) is 12.4 Å². The van der Waals surface area contributed by atoms with Gasteiger partial charge in [0.25, 0.3) is 0 Å². The fraction of sp³-hybridized carbons (Fsp3) is 0.650. The number of nitrogens with one attached hydrogen (secondary N) is 2. The number of carbonyl (C=O) groups excluding carboxylic acids is 1. The number of benzene rings is 1. The molecule has 1 aromatic rings. The van der Waals surface area contributed by atoms with Gasteiger partial charge in [0, 0.05) is 57.1 Å². The Labute approximate surface area is 163 Å². The maximum atomic E-state index is 10.8. The SMILES string of the molecule is Cc1c(NCCN2CCCC2)cc(CCC=O)cc1N1CCNCC1.Cl. The van der Waals surface area contributed by atoms with Crippen LogP contribution in [0.15, 0.2) is 12.1 Å². The van der Waals surface area contributed by atoms with E-state index in [1.807, 2.05) is 0 Å². The van der Waals surface area contributed by atoms with Gasteiger partial charge in [-0.05, 0) is 62.5 Å². The third-order valence-electron chi connectivity index (χ3n) is 5.39. The number of halogens is 1. The smallest absolute Gasteiger partial charge is 0.120 e. The first kappa shape index (κ1) is 21.0. The molecule has 6 heteroatoms. The molecule has 0 unspecified atom stereocenters. The molecule has 2 fully saturated rings. The number of aryl methyl sites for hydroxylation is 1. The second-order valence-corrected chi connectivity index (χ2v) is 7.21. The van der Waals surface area contributed by atoms with Crippen molar-refractivity contribution in [3.8, 4) is 0 Å². The molecule has 0 aromatic heterocycles. The summed E-state index contributed by atoms with van der Waals surface area (Å²) >= 11 is 0. The Morgan fingerprint density at radius 3 is 2.58 bits per heavy atom. The van der Waals surface area contributed by atoms with Crippen LogP contribution in [0.2, 0.25) is 0 Å². The van der Waals surface area contributed by atoms with Crippen LogP contribution in [-0.2, 0) is 11.2 Å². The highest BCUT2D eigenvalue weighted by Gasteiger charge is 2.16. The van der Waals surface area contributed by atoms with E-state index in [9.17, 15) is 4.79 Å². The van der Waals surface area contributed by atoms with E-state index < -0.39 is 0 Å². The molecule has 0 saturated carbocycles. The molecule has 2 aliphatic rings.